The van der Waals surface area contributed by atoms with Gasteiger partial charge in [-0.3, -0.25) is 0 Å². The van der Waals surface area contributed by atoms with Gasteiger partial charge in [-0.2, -0.15) is 0 Å². The van der Waals surface area contributed by atoms with Crippen LogP contribution in [0.25, 0.3) is 0 Å². The Morgan fingerprint density at radius 2 is 1.57 bits per heavy atom. The molecule has 82 valence electrons. The van der Waals surface area contributed by atoms with Gasteiger partial charge in [0.25, 0.3) is 5.97 Å². The summed E-state index contributed by atoms with van der Waals surface area (Å²) in [4.78, 5) is 0. The predicted molar refractivity (Wildman–Crippen MR) is 52.8 cm³/mol. The minimum atomic E-state index is -0.688. The molecule has 3 heterocycles. The van der Waals surface area contributed by atoms with Gasteiger partial charge in [0, 0.05) is 11.8 Å². The summed E-state index contributed by atoms with van der Waals surface area (Å²) in [6, 6.07) is 0. The third-order valence-corrected chi connectivity index (χ3v) is 3.01. The lowest BCUT2D eigenvalue weighted by atomic mass is 9.91. The van der Waals surface area contributed by atoms with Gasteiger partial charge in [-0.15, -0.1) is 0 Å². The van der Waals surface area contributed by atoms with Crippen LogP contribution in [0.3, 0.4) is 0 Å². The summed E-state index contributed by atoms with van der Waals surface area (Å²) >= 11 is 0. The van der Waals surface area contributed by atoms with Gasteiger partial charge >= 0.3 is 0 Å². The van der Waals surface area contributed by atoms with E-state index in [4.69, 9.17) is 14.2 Å². The zero-order valence-corrected chi connectivity index (χ0v) is 9.17. The predicted octanol–water partition coefficient (Wildman–Crippen LogP) is 2.30. The van der Waals surface area contributed by atoms with Gasteiger partial charge in [-0.25, -0.2) is 0 Å². The molecule has 0 amide bonds. The molecule has 3 saturated heterocycles. The smallest absolute Gasteiger partial charge is 0.282 e. The monoisotopic (exact) mass is 200 g/mol. The zero-order valence-electron chi connectivity index (χ0n) is 9.17. The first-order chi connectivity index (χ1) is 6.68. The largest absolute Gasteiger partial charge is 0.327 e. The van der Waals surface area contributed by atoms with Gasteiger partial charge in [-0.05, 0) is 6.42 Å². The molecule has 14 heavy (non-hydrogen) atoms. The average molecular weight is 200 g/mol. The molecule has 2 bridgehead atoms. The van der Waals surface area contributed by atoms with Gasteiger partial charge in [0.1, 0.15) is 0 Å². The van der Waals surface area contributed by atoms with E-state index in [-0.39, 0.29) is 5.41 Å². The molecule has 3 aliphatic heterocycles. The molecule has 0 unspecified atom stereocenters. The molecule has 3 aliphatic rings. The van der Waals surface area contributed by atoms with Crippen molar-refractivity contribution in [2.24, 2.45) is 5.41 Å². The Labute approximate surface area is 85.7 Å². The first kappa shape index (κ1) is 10.4. The SMILES string of the molecule is CCCCCC12OCC(C)(CO1)CO2. The molecule has 0 atom stereocenters. The van der Waals surface area contributed by atoms with Crippen LogP contribution in [0.1, 0.15) is 39.5 Å². The van der Waals surface area contributed by atoms with E-state index in [9.17, 15) is 0 Å². The van der Waals surface area contributed by atoms with Gasteiger partial charge < -0.3 is 14.2 Å². The average Bonchev–Trinajstić information content (AvgIpc) is 2.21. The van der Waals surface area contributed by atoms with Crippen molar-refractivity contribution in [1.82, 2.24) is 0 Å². The molecule has 0 radical (unpaired) electrons. The minimum Gasteiger partial charge on any atom is -0.327 e. The highest BCUT2D eigenvalue weighted by Crippen LogP contribution is 2.40. The highest BCUT2D eigenvalue weighted by atomic mass is 16.9. The molecule has 3 heteroatoms. The van der Waals surface area contributed by atoms with Crippen molar-refractivity contribution in [2.45, 2.75) is 45.5 Å². The van der Waals surface area contributed by atoms with E-state index in [0.29, 0.717) is 0 Å². The standard InChI is InChI=1S/C11H20O3/c1-3-4-5-6-11-12-7-10(2,8-13-11)9-14-11/h3-9H2,1-2H3. The molecule has 0 saturated carbocycles. The van der Waals surface area contributed by atoms with Crippen molar-refractivity contribution in [3.05, 3.63) is 0 Å². The number of rotatable bonds is 4. The van der Waals surface area contributed by atoms with Crippen LogP contribution in [-0.4, -0.2) is 25.8 Å². The second-order valence-corrected chi connectivity index (χ2v) is 4.82. The molecular weight excluding hydrogens is 180 g/mol. The van der Waals surface area contributed by atoms with Gasteiger partial charge in [0.05, 0.1) is 19.8 Å². The van der Waals surface area contributed by atoms with E-state index in [1.807, 2.05) is 0 Å². The Kier molecular flexibility index (Phi) is 2.82. The fourth-order valence-corrected chi connectivity index (χ4v) is 1.91. The van der Waals surface area contributed by atoms with Crippen molar-refractivity contribution in [1.29, 1.82) is 0 Å². The Balaban J connectivity index is 1.85. The maximum absolute atomic E-state index is 5.67. The number of hydrogen-bond acceptors (Lipinski definition) is 3. The quantitative estimate of drug-likeness (QED) is 0.652. The summed E-state index contributed by atoms with van der Waals surface area (Å²) < 4.78 is 17.0. The van der Waals surface area contributed by atoms with Crippen LogP contribution in [0.2, 0.25) is 0 Å². The maximum Gasteiger partial charge on any atom is 0.282 e. The highest BCUT2D eigenvalue weighted by Gasteiger charge is 2.49. The molecule has 0 aliphatic carbocycles. The maximum atomic E-state index is 5.67. The number of ether oxygens (including phenoxy) is 3. The van der Waals surface area contributed by atoms with E-state index >= 15 is 0 Å². The van der Waals surface area contributed by atoms with Crippen molar-refractivity contribution in [2.75, 3.05) is 19.8 Å². The number of hydrogen-bond donors (Lipinski definition) is 0. The van der Waals surface area contributed by atoms with E-state index in [0.717, 1.165) is 32.7 Å². The normalized spacial score (nSPS) is 41.6. The fourth-order valence-electron chi connectivity index (χ4n) is 1.91. The van der Waals surface area contributed by atoms with E-state index in [1.165, 1.54) is 12.8 Å². The molecule has 3 rings (SSSR count). The lowest BCUT2D eigenvalue weighted by Gasteiger charge is -2.50. The molecule has 0 aromatic heterocycles. The van der Waals surface area contributed by atoms with Crippen LogP contribution in [0.5, 0.6) is 0 Å². The fraction of sp³-hybridized carbons (Fsp3) is 1.00. The zero-order chi connectivity index (χ0) is 10.1. The summed E-state index contributed by atoms with van der Waals surface area (Å²) in [6.07, 6.45) is 4.42. The van der Waals surface area contributed by atoms with Crippen LogP contribution in [0, 0.1) is 5.41 Å². The van der Waals surface area contributed by atoms with E-state index < -0.39 is 5.97 Å². The summed E-state index contributed by atoms with van der Waals surface area (Å²) in [5.74, 6) is -0.688. The lowest BCUT2D eigenvalue weighted by molar-refractivity contribution is -0.467. The van der Waals surface area contributed by atoms with Crippen LogP contribution in [0.4, 0.5) is 0 Å². The second kappa shape index (κ2) is 3.80. The number of fused-ring (bicyclic) bond motifs is 3. The third-order valence-electron chi connectivity index (χ3n) is 3.01. The summed E-state index contributed by atoms with van der Waals surface area (Å²) in [5, 5.41) is 0. The molecule has 0 spiro atoms. The topological polar surface area (TPSA) is 27.7 Å². The minimum absolute atomic E-state index is 0.0898. The molecule has 0 N–H and O–H groups in total. The first-order valence-electron chi connectivity index (χ1n) is 5.60. The van der Waals surface area contributed by atoms with E-state index in [2.05, 4.69) is 13.8 Å². The third kappa shape index (κ3) is 1.95. The summed E-state index contributed by atoms with van der Waals surface area (Å²) in [5.41, 5.74) is 0.0898. The molecule has 0 aromatic rings. The Hall–Kier alpha value is -0.120. The van der Waals surface area contributed by atoms with Crippen molar-refractivity contribution in [3.63, 3.8) is 0 Å². The van der Waals surface area contributed by atoms with Crippen molar-refractivity contribution in [3.8, 4) is 0 Å². The van der Waals surface area contributed by atoms with Crippen LogP contribution in [-0.2, 0) is 14.2 Å². The molecule has 0 aromatic carbocycles. The van der Waals surface area contributed by atoms with E-state index in [1.54, 1.807) is 0 Å². The van der Waals surface area contributed by atoms with Crippen LogP contribution < -0.4 is 0 Å². The van der Waals surface area contributed by atoms with Crippen LogP contribution in [0.15, 0.2) is 0 Å². The lowest BCUT2D eigenvalue weighted by Crippen LogP contribution is -2.58. The van der Waals surface area contributed by atoms with Gasteiger partial charge in [-0.1, -0.05) is 26.7 Å². The van der Waals surface area contributed by atoms with Crippen LogP contribution >= 0.6 is 0 Å². The van der Waals surface area contributed by atoms with Gasteiger partial charge in [0.2, 0.25) is 0 Å². The number of unbranched alkanes of at least 4 members (excludes halogenated alkanes) is 2. The highest BCUT2D eigenvalue weighted by molar-refractivity contribution is 4.84. The summed E-state index contributed by atoms with van der Waals surface area (Å²) in [7, 11) is 0. The summed E-state index contributed by atoms with van der Waals surface area (Å²) in [6.45, 7) is 6.67. The Morgan fingerprint density at radius 1 is 1.00 bits per heavy atom. The molecule has 3 nitrogen and oxygen atoms in total. The van der Waals surface area contributed by atoms with Crippen molar-refractivity contribution < 1.29 is 14.2 Å². The Bertz CT molecular complexity index is 178. The molecular formula is C11H20O3. The molecule has 3 fully saturated rings. The Morgan fingerprint density at radius 3 is 2.07 bits per heavy atom. The second-order valence-electron chi connectivity index (χ2n) is 4.82. The van der Waals surface area contributed by atoms with Gasteiger partial charge in [0.15, 0.2) is 0 Å². The first-order valence-corrected chi connectivity index (χ1v) is 5.60. The van der Waals surface area contributed by atoms with Crippen molar-refractivity contribution >= 4 is 0 Å².